The van der Waals surface area contributed by atoms with Crippen molar-refractivity contribution < 1.29 is 9.90 Å². The van der Waals surface area contributed by atoms with Crippen LogP contribution in [0.15, 0.2) is 18.3 Å². The Morgan fingerprint density at radius 2 is 2.33 bits per heavy atom. The van der Waals surface area contributed by atoms with Gasteiger partial charge in [-0.1, -0.05) is 0 Å². The van der Waals surface area contributed by atoms with E-state index in [-0.39, 0.29) is 10.3 Å². The molecule has 1 atom stereocenters. The lowest BCUT2D eigenvalue weighted by molar-refractivity contribution is 0.0696. The lowest BCUT2D eigenvalue weighted by atomic mass is 10.1. The van der Waals surface area contributed by atoms with Crippen molar-refractivity contribution in [1.82, 2.24) is 14.6 Å². The van der Waals surface area contributed by atoms with E-state index in [2.05, 4.69) is 17.1 Å². The number of hydrogen-bond acceptors (Lipinski definition) is 4. The number of thioether (sulfide) groups is 1. The zero-order valence-electron chi connectivity index (χ0n) is 9.96. The molecule has 2 aromatic heterocycles. The van der Waals surface area contributed by atoms with Gasteiger partial charge < -0.3 is 5.11 Å². The maximum Gasteiger partial charge on any atom is 0.337 e. The third-order valence-corrected chi connectivity index (χ3v) is 4.86. The Morgan fingerprint density at radius 1 is 1.50 bits per heavy atom. The molecule has 18 heavy (non-hydrogen) atoms. The number of rotatable bonds is 2. The van der Waals surface area contributed by atoms with E-state index in [0.717, 1.165) is 24.4 Å². The quantitative estimate of drug-likeness (QED) is 0.899. The maximum atomic E-state index is 11.0. The molecule has 0 bridgehead atoms. The fourth-order valence-electron chi connectivity index (χ4n) is 2.33. The molecule has 0 aromatic carbocycles. The average molecular weight is 263 g/mol. The fraction of sp³-hybridized carbons (Fsp3) is 0.417. The van der Waals surface area contributed by atoms with E-state index >= 15 is 0 Å². The van der Waals surface area contributed by atoms with Gasteiger partial charge in [0.05, 0.1) is 10.3 Å². The van der Waals surface area contributed by atoms with Crippen LogP contribution in [0.2, 0.25) is 0 Å². The molecule has 0 radical (unpaired) electrons. The van der Waals surface area contributed by atoms with Crippen LogP contribution in [0, 0.1) is 0 Å². The van der Waals surface area contributed by atoms with E-state index in [9.17, 15) is 4.79 Å². The van der Waals surface area contributed by atoms with Gasteiger partial charge in [-0.2, -0.15) is 0 Å². The SMILES string of the molecule is CC1(c2nnc3ccc(C(=O)O)cn23)CCCS1. The highest BCUT2D eigenvalue weighted by molar-refractivity contribution is 8.00. The van der Waals surface area contributed by atoms with E-state index in [4.69, 9.17) is 5.11 Å². The van der Waals surface area contributed by atoms with Crippen LogP contribution >= 0.6 is 11.8 Å². The summed E-state index contributed by atoms with van der Waals surface area (Å²) < 4.78 is 1.75. The number of hydrogen-bond donors (Lipinski definition) is 1. The lowest BCUT2D eigenvalue weighted by Gasteiger charge is -2.20. The fourth-order valence-corrected chi connectivity index (χ4v) is 3.63. The molecule has 3 rings (SSSR count). The minimum atomic E-state index is -0.930. The molecule has 1 fully saturated rings. The highest BCUT2D eigenvalue weighted by atomic mass is 32.2. The van der Waals surface area contributed by atoms with Crippen LogP contribution in [-0.2, 0) is 4.75 Å². The second-order valence-electron chi connectivity index (χ2n) is 4.66. The van der Waals surface area contributed by atoms with E-state index in [1.165, 1.54) is 0 Å². The van der Waals surface area contributed by atoms with Gasteiger partial charge in [-0.25, -0.2) is 4.79 Å². The summed E-state index contributed by atoms with van der Waals surface area (Å²) in [6.45, 7) is 2.15. The zero-order chi connectivity index (χ0) is 12.8. The number of fused-ring (bicyclic) bond motifs is 1. The Labute approximate surface area is 108 Å². The topological polar surface area (TPSA) is 67.5 Å². The largest absolute Gasteiger partial charge is 0.478 e. The Bertz CT molecular complexity index is 617. The Morgan fingerprint density at radius 3 is 3.00 bits per heavy atom. The summed E-state index contributed by atoms with van der Waals surface area (Å²) in [6.07, 6.45) is 3.82. The molecule has 0 aliphatic carbocycles. The van der Waals surface area contributed by atoms with Crippen LogP contribution in [-0.4, -0.2) is 31.4 Å². The molecular formula is C12H13N3O2S. The van der Waals surface area contributed by atoms with Crippen LogP contribution in [0.25, 0.3) is 5.65 Å². The number of nitrogens with zero attached hydrogens (tertiary/aromatic N) is 3. The van der Waals surface area contributed by atoms with E-state index in [0.29, 0.717) is 5.65 Å². The van der Waals surface area contributed by atoms with Crippen molar-refractivity contribution in [3.05, 3.63) is 29.7 Å². The number of aromatic carboxylic acids is 1. The Hall–Kier alpha value is -1.56. The van der Waals surface area contributed by atoms with E-state index in [1.54, 1.807) is 18.3 Å². The first-order chi connectivity index (χ1) is 8.60. The number of carboxylic acid groups (broad SMARTS) is 1. The maximum absolute atomic E-state index is 11.0. The second-order valence-corrected chi connectivity index (χ2v) is 6.26. The molecule has 1 aliphatic heterocycles. The molecule has 1 N–H and O–H groups in total. The van der Waals surface area contributed by atoms with Gasteiger partial charge >= 0.3 is 5.97 Å². The lowest BCUT2D eigenvalue weighted by Crippen LogP contribution is -2.17. The summed E-state index contributed by atoms with van der Waals surface area (Å²) in [6, 6.07) is 3.25. The summed E-state index contributed by atoms with van der Waals surface area (Å²) in [5.41, 5.74) is 0.957. The van der Waals surface area contributed by atoms with Crippen molar-refractivity contribution in [3.63, 3.8) is 0 Å². The second kappa shape index (κ2) is 3.98. The number of carboxylic acids is 1. The first-order valence-electron chi connectivity index (χ1n) is 5.83. The highest BCUT2D eigenvalue weighted by Crippen LogP contribution is 2.45. The summed E-state index contributed by atoms with van der Waals surface area (Å²) in [7, 11) is 0. The molecular weight excluding hydrogens is 250 g/mol. The molecule has 1 aliphatic rings. The van der Waals surface area contributed by atoms with Crippen molar-refractivity contribution >= 4 is 23.4 Å². The molecule has 3 heterocycles. The third kappa shape index (κ3) is 1.68. The summed E-state index contributed by atoms with van der Waals surface area (Å²) in [4.78, 5) is 11.0. The first-order valence-corrected chi connectivity index (χ1v) is 6.81. The number of aromatic nitrogens is 3. The van der Waals surface area contributed by atoms with Crippen LogP contribution in [0.5, 0.6) is 0 Å². The van der Waals surface area contributed by atoms with Crippen LogP contribution in [0.3, 0.4) is 0 Å². The minimum absolute atomic E-state index is 0.0590. The smallest absolute Gasteiger partial charge is 0.337 e. The molecule has 6 heteroatoms. The summed E-state index contributed by atoms with van der Waals surface area (Å²) >= 11 is 1.86. The predicted octanol–water partition coefficient (Wildman–Crippen LogP) is 2.17. The summed E-state index contributed by atoms with van der Waals surface area (Å²) in [5.74, 6) is 1.04. The highest BCUT2D eigenvalue weighted by Gasteiger charge is 2.35. The molecule has 0 spiro atoms. The van der Waals surface area contributed by atoms with Gasteiger partial charge in [-0.3, -0.25) is 4.40 Å². The van der Waals surface area contributed by atoms with Crippen molar-refractivity contribution in [2.75, 3.05) is 5.75 Å². The van der Waals surface area contributed by atoms with Crippen molar-refractivity contribution in [2.24, 2.45) is 0 Å². The van der Waals surface area contributed by atoms with Gasteiger partial charge in [0.1, 0.15) is 0 Å². The van der Waals surface area contributed by atoms with Crippen LogP contribution < -0.4 is 0 Å². The molecule has 1 saturated heterocycles. The molecule has 1 unspecified atom stereocenters. The van der Waals surface area contributed by atoms with Gasteiger partial charge in [-0.05, 0) is 37.7 Å². The normalized spacial score (nSPS) is 23.6. The Kier molecular flexibility index (Phi) is 2.55. The van der Waals surface area contributed by atoms with Crippen LogP contribution in [0.4, 0.5) is 0 Å². The minimum Gasteiger partial charge on any atom is -0.478 e. The van der Waals surface area contributed by atoms with Crippen LogP contribution in [0.1, 0.15) is 35.9 Å². The molecule has 2 aromatic rings. The van der Waals surface area contributed by atoms with Gasteiger partial charge in [0.15, 0.2) is 11.5 Å². The van der Waals surface area contributed by atoms with Gasteiger partial charge in [0.25, 0.3) is 0 Å². The first kappa shape index (κ1) is 11.5. The molecule has 94 valence electrons. The standard InChI is InChI=1S/C12H13N3O2S/c1-12(5-2-6-18-12)11-14-13-9-4-3-8(10(16)17)7-15(9)11/h3-4,7H,2,5-6H2,1H3,(H,16,17). The van der Waals surface area contributed by atoms with Crippen molar-refractivity contribution in [1.29, 1.82) is 0 Å². The predicted molar refractivity (Wildman–Crippen MR) is 69.0 cm³/mol. The monoisotopic (exact) mass is 263 g/mol. The summed E-state index contributed by atoms with van der Waals surface area (Å²) in [5, 5.41) is 17.4. The van der Waals surface area contributed by atoms with Gasteiger partial charge in [-0.15, -0.1) is 22.0 Å². The van der Waals surface area contributed by atoms with E-state index < -0.39 is 5.97 Å². The van der Waals surface area contributed by atoms with Crippen molar-refractivity contribution in [2.45, 2.75) is 24.5 Å². The number of pyridine rings is 1. The van der Waals surface area contributed by atoms with Gasteiger partial charge in [0, 0.05) is 6.20 Å². The Balaban J connectivity index is 2.17. The van der Waals surface area contributed by atoms with Gasteiger partial charge in [0.2, 0.25) is 0 Å². The third-order valence-electron chi connectivity index (χ3n) is 3.34. The molecule has 0 amide bonds. The molecule has 5 nitrogen and oxygen atoms in total. The zero-order valence-corrected chi connectivity index (χ0v) is 10.8. The molecule has 0 saturated carbocycles. The van der Waals surface area contributed by atoms with E-state index in [1.807, 2.05) is 16.2 Å². The average Bonchev–Trinajstić information content (AvgIpc) is 2.94. The number of carbonyl (C=O) groups is 1. The van der Waals surface area contributed by atoms with Crippen molar-refractivity contribution in [3.8, 4) is 0 Å².